The van der Waals surface area contributed by atoms with Gasteiger partial charge in [-0.15, -0.1) is 11.6 Å². The molecule has 78 valence electrons. The number of pyridine rings is 1. The highest BCUT2D eigenvalue weighted by molar-refractivity contribution is 6.31. The van der Waals surface area contributed by atoms with E-state index in [1.165, 1.54) is 0 Å². The largest absolute Gasteiger partial charge is 0.237 e. The highest BCUT2D eigenvalue weighted by Gasteiger charge is 2.03. The third kappa shape index (κ3) is 2.13. The Morgan fingerprint density at radius 2 is 2.20 bits per heavy atom. The Kier molecular flexibility index (Phi) is 2.93. The summed E-state index contributed by atoms with van der Waals surface area (Å²) in [6.07, 6.45) is 5.27. The number of aryl methyl sites for hydroxylation is 1. The maximum atomic E-state index is 6.00. The van der Waals surface area contributed by atoms with E-state index in [9.17, 15) is 0 Å². The van der Waals surface area contributed by atoms with Crippen LogP contribution in [0.5, 0.6) is 0 Å². The van der Waals surface area contributed by atoms with E-state index < -0.39 is 0 Å². The van der Waals surface area contributed by atoms with Crippen molar-refractivity contribution in [2.45, 2.75) is 12.8 Å². The van der Waals surface area contributed by atoms with Crippen molar-refractivity contribution in [1.29, 1.82) is 0 Å². The van der Waals surface area contributed by atoms with Gasteiger partial charge in [-0.05, 0) is 12.5 Å². The molecule has 0 saturated carbocycles. The first-order chi connectivity index (χ1) is 7.20. The van der Waals surface area contributed by atoms with E-state index in [-0.39, 0.29) is 0 Å². The minimum atomic E-state index is 0.444. The Morgan fingerprint density at radius 3 is 2.80 bits per heavy atom. The first-order valence-electron chi connectivity index (χ1n) is 4.42. The van der Waals surface area contributed by atoms with E-state index in [4.69, 9.17) is 23.2 Å². The molecule has 0 radical (unpaired) electrons. The number of aromatic nitrogens is 3. The molecule has 0 aliphatic carbocycles. The van der Waals surface area contributed by atoms with E-state index in [0.29, 0.717) is 16.7 Å². The third-order valence-corrected chi connectivity index (χ3v) is 2.76. The Balaban J connectivity index is 2.40. The summed E-state index contributed by atoms with van der Waals surface area (Å²) < 4.78 is 1.66. The maximum Gasteiger partial charge on any atom is 0.154 e. The SMILES string of the molecule is Cc1cnc(-n2cc(CCl)cn2)cc1Cl. The number of rotatable bonds is 2. The zero-order chi connectivity index (χ0) is 10.8. The van der Waals surface area contributed by atoms with Crippen molar-refractivity contribution in [1.82, 2.24) is 14.8 Å². The Labute approximate surface area is 97.7 Å². The molecule has 0 amide bonds. The summed E-state index contributed by atoms with van der Waals surface area (Å²) in [4.78, 5) is 4.23. The van der Waals surface area contributed by atoms with Crippen LogP contribution in [-0.2, 0) is 5.88 Å². The van der Waals surface area contributed by atoms with Crippen molar-refractivity contribution in [3.63, 3.8) is 0 Å². The second-order valence-corrected chi connectivity index (χ2v) is 3.89. The molecule has 0 saturated heterocycles. The minimum absolute atomic E-state index is 0.444. The molecule has 0 fully saturated rings. The van der Waals surface area contributed by atoms with Crippen LogP contribution in [0.2, 0.25) is 5.02 Å². The van der Waals surface area contributed by atoms with Gasteiger partial charge in [0.1, 0.15) is 0 Å². The molecule has 0 atom stereocenters. The highest BCUT2D eigenvalue weighted by Crippen LogP contribution is 2.17. The summed E-state index contributed by atoms with van der Waals surface area (Å²) in [5.74, 6) is 1.14. The molecule has 0 aromatic carbocycles. The molecule has 0 N–H and O–H groups in total. The molecule has 5 heteroatoms. The fraction of sp³-hybridized carbons (Fsp3) is 0.200. The first-order valence-corrected chi connectivity index (χ1v) is 5.34. The van der Waals surface area contributed by atoms with Crippen LogP contribution in [0, 0.1) is 6.92 Å². The summed E-state index contributed by atoms with van der Waals surface area (Å²) in [6.45, 7) is 1.91. The van der Waals surface area contributed by atoms with Gasteiger partial charge in [0.05, 0.1) is 12.1 Å². The molecule has 3 nitrogen and oxygen atoms in total. The number of alkyl halides is 1. The van der Waals surface area contributed by atoms with Crippen molar-refractivity contribution in [3.05, 3.63) is 40.8 Å². The van der Waals surface area contributed by atoms with Crippen LogP contribution < -0.4 is 0 Å². The van der Waals surface area contributed by atoms with Crippen molar-refractivity contribution >= 4 is 23.2 Å². The van der Waals surface area contributed by atoms with E-state index in [1.54, 1.807) is 23.1 Å². The molecule has 15 heavy (non-hydrogen) atoms. The van der Waals surface area contributed by atoms with Gasteiger partial charge in [-0.1, -0.05) is 11.6 Å². The second kappa shape index (κ2) is 4.21. The lowest BCUT2D eigenvalue weighted by Crippen LogP contribution is -1.97. The van der Waals surface area contributed by atoms with E-state index in [0.717, 1.165) is 11.1 Å². The smallest absolute Gasteiger partial charge is 0.154 e. The Morgan fingerprint density at radius 1 is 1.40 bits per heavy atom. The van der Waals surface area contributed by atoms with Gasteiger partial charge in [-0.2, -0.15) is 5.10 Å². The fourth-order valence-corrected chi connectivity index (χ4v) is 1.45. The summed E-state index contributed by atoms with van der Waals surface area (Å²) >= 11 is 11.7. The third-order valence-electron chi connectivity index (χ3n) is 2.05. The lowest BCUT2D eigenvalue weighted by atomic mass is 10.3. The van der Waals surface area contributed by atoms with Gasteiger partial charge in [-0.3, -0.25) is 0 Å². The summed E-state index contributed by atoms with van der Waals surface area (Å²) in [5, 5.41) is 4.82. The lowest BCUT2D eigenvalue weighted by molar-refractivity contribution is 0.845. The van der Waals surface area contributed by atoms with E-state index in [2.05, 4.69) is 10.1 Å². The van der Waals surface area contributed by atoms with Crippen molar-refractivity contribution in [2.24, 2.45) is 0 Å². The van der Waals surface area contributed by atoms with Gasteiger partial charge < -0.3 is 0 Å². The van der Waals surface area contributed by atoms with Crippen LogP contribution in [0.25, 0.3) is 5.82 Å². The van der Waals surface area contributed by atoms with Gasteiger partial charge >= 0.3 is 0 Å². The number of hydrogen-bond donors (Lipinski definition) is 0. The van der Waals surface area contributed by atoms with Crippen LogP contribution in [-0.4, -0.2) is 14.8 Å². The normalized spacial score (nSPS) is 10.6. The highest BCUT2D eigenvalue weighted by atomic mass is 35.5. The second-order valence-electron chi connectivity index (χ2n) is 3.22. The molecule has 0 unspecified atom stereocenters. The average Bonchev–Trinajstić information content (AvgIpc) is 2.70. The molecule has 0 bridgehead atoms. The monoisotopic (exact) mass is 241 g/mol. The van der Waals surface area contributed by atoms with Crippen molar-refractivity contribution in [3.8, 4) is 5.82 Å². The maximum absolute atomic E-state index is 6.00. The van der Waals surface area contributed by atoms with Gasteiger partial charge in [0, 0.05) is 29.0 Å². The van der Waals surface area contributed by atoms with Crippen LogP contribution in [0.1, 0.15) is 11.1 Å². The van der Waals surface area contributed by atoms with Gasteiger partial charge in [0.2, 0.25) is 0 Å². The molecule has 0 spiro atoms. The van der Waals surface area contributed by atoms with Crippen LogP contribution in [0.4, 0.5) is 0 Å². The zero-order valence-electron chi connectivity index (χ0n) is 8.11. The Bertz CT molecular complexity index is 479. The first kappa shape index (κ1) is 10.5. The molecular formula is C10H9Cl2N3. The number of nitrogens with zero attached hydrogens (tertiary/aromatic N) is 3. The fourth-order valence-electron chi connectivity index (χ4n) is 1.17. The number of hydrogen-bond acceptors (Lipinski definition) is 2. The van der Waals surface area contributed by atoms with Crippen molar-refractivity contribution < 1.29 is 0 Å². The van der Waals surface area contributed by atoms with Gasteiger partial charge in [0.25, 0.3) is 0 Å². The predicted octanol–water partition coefficient (Wildman–Crippen LogP) is 2.97. The van der Waals surface area contributed by atoms with Crippen LogP contribution >= 0.6 is 23.2 Å². The topological polar surface area (TPSA) is 30.7 Å². The van der Waals surface area contributed by atoms with Gasteiger partial charge in [-0.25, -0.2) is 9.67 Å². The number of halogens is 2. The quantitative estimate of drug-likeness (QED) is 0.758. The molecule has 2 aromatic rings. The van der Waals surface area contributed by atoms with Crippen molar-refractivity contribution in [2.75, 3.05) is 0 Å². The standard InChI is InChI=1S/C10H9Cl2N3/c1-7-4-13-10(2-9(7)12)15-6-8(3-11)5-14-15/h2,4-6H,3H2,1H3. The molecule has 0 aliphatic heterocycles. The zero-order valence-corrected chi connectivity index (χ0v) is 9.63. The van der Waals surface area contributed by atoms with E-state index in [1.807, 2.05) is 13.1 Å². The summed E-state index contributed by atoms with van der Waals surface area (Å²) in [5.41, 5.74) is 1.90. The molecule has 2 rings (SSSR count). The van der Waals surface area contributed by atoms with Crippen LogP contribution in [0.3, 0.4) is 0 Å². The molecule has 2 heterocycles. The molecule has 0 aliphatic rings. The predicted molar refractivity (Wildman–Crippen MR) is 60.7 cm³/mol. The summed E-state index contributed by atoms with van der Waals surface area (Å²) in [6, 6.07) is 1.78. The van der Waals surface area contributed by atoms with Crippen LogP contribution in [0.15, 0.2) is 24.7 Å². The molecule has 2 aromatic heterocycles. The lowest BCUT2D eigenvalue weighted by Gasteiger charge is -2.02. The molecular weight excluding hydrogens is 233 g/mol. The van der Waals surface area contributed by atoms with E-state index >= 15 is 0 Å². The Hall–Kier alpha value is -1.06. The summed E-state index contributed by atoms with van der Waals surface area (Å²) in [7, 11) is 0. The van der Waals surface area contributed by atoms with Gasteiger partial charge in [0.15, 0.2) is 5.82 Å². The average molecular weight is 242 g/mol. The minimum Gasteiger partial charge on any atom is -0.237 e.